The predicted octanol–water partition coefficient (Wildman–Crippen LogP) is 2.05. The molecule has 1 aromatic heterocycles. The molecule has 1 aromatic carbocycles. The van der Waals surface area contributed by atoms with Crippen LogP contribution in [0.2, 0.25) is 0 Å². The minimum absolute atomic E-state index is 0.0925. The number of aromatic nitrogens is 2. The van der Waals surface area contributed by atoms with Crippen molar-refractivity contribution in [2.24, 2.45) is 0 Å². The summed E-state index contributed by atoms with van der Waals surface area (Å²) in [6.07, 6.45) is 4.15. The number of hydrogen-bond donors (Lipinski definition) is 1. The zero-order valence-electron chi connectivity index (χ0n) is 10.4. The van der Waals surface area contributed by atoms with Gasteiger partial charge in [0.25, 0.3) is 5.56 Å². The Balaban J connectivity index is 2.05. The van der Waals surface area contributed by atoms with Crippen molar-refractivity contribution in [3.8, 4) is 11.4 Å². The second kappa shape index (κ2) is 4.37. The van der Waals surface area contributed by atoms with Crippen LogP contribution in [0.15, 0.2) is 29.1 Å². The molecule has 0 bridgehead atoms. The standard InChI is InChI=1S/C14H16N2O2/c1-18-11-8-6-10(7-9-11)16-14(17)12-4-2-3-5-13(12)15-16/h6-9,15H,2-5H2,1H3. The smallest absolute Gasteiger partial charge is 0.274 e. The summed E-state index contributed by atoms with van der Waals surface area (Å²) in [7, 11) is 1.63. The maximum absolute atomic E-state index is 12.3. The molecule has 0 fully saturated rings. The van der Waals surface area contributed by atoms with Gasteiger partial charge in [0, 0.05) is 11.3 Å². The second-order valence-electron chi connectivity index (χ2n) is 4.61. The van der Waals surface area contributed by atoms with Gasteiger partial charge in [-0.15, -0.1) is 0 Å². The van der Waals surface area contributed by atoms with Crippen LogP contribution in [0.1, 0.15) is 24.1 Å². The van der Waals surface area contributed by atoms with Gasteiger partial charge in [0.2, 0.25) is 0 Å². The van der Waals surface area contributed by atoms with Gasteiger partial charge in [-0.05, 0) is 49.9 Å². The summed E-state index contributed by atoms with van der Waals surface area (Å²) in [6.45, 7) is 0. The fraction of sp³-hybridized carbons (Fsp3) is 0.357. The first kappa shape index (κ1) is 11.1. The molecular formula is C14H16N2O2. The lowest BCUT2D eigenvalue weighted by Gasteiger charge is -2.07. The van der Waals surface area contributed by atoms with Crippen LogP contribution in [0.4, 0.5) is 0 Å². The van der Waals surface area contributed by atoms with Gasteiger partial charge in [0.15, 0.2) is 0 Å². The Morgan fingerprint density at radius 1 is 1.17 bits per heavy atom. The summed E-state index contributed by atoms with van der Waals surface area (Å²) < 4.78 is 6.75. The third-order valence-electron chi connectivity index (χ3n) is 3.51. The molecule has 1 aliphatic carbocycles. The minimum atomic E-state index is 0.0925. The number of nitrogens with one attached hydrogen (secondary N) is 1. The van der Waals surface area contributed by atoms with Crippen molar-refractivity contribution in [3.05, 3.63) is 45.9 Å². The fourth-order valence-electron chi connectivity index (χ4n) is 2.50. The van der Waals surface area contributed by atoms with Crippen LogP contribution >= 0.6 is 0 Å². The summed E-state index contributed by atoms with van der Waals surface area (Å²) in [5, 5.41) is 3.22. The van der Waals surface area contributed by atoms with E-state index in [0.29, 0.717) is 0 Å². The highest BCUT2D eigenvalue weighted by molar-refractivity contribution is 5.38. The van der Waals surface area contributed by atoms with E-state index in [9.17, 15) is 4.79 Å². The molecule has 2 aromatic rings. The first-order chi connectivity index (χ1) is 8.79. The van der Waals surface area contributed by atoms with Crippen molar-refractivity contribution < 1.29 is 4.74 Å². The molecule has 0 unspecified atom stereocenters. The molecule has 1 heterocycles. The molecule has 0 saturated carbocycles. The Labute approximate surface area is 105 Å². The van der Waals surface area contributed by atoms with Crippen molar-refractivity contribution in [2.75, 3.05) is 7.11 Å². The maximum atomic E-state index is 12.3. The number of hydrogen-bond acceptors (Lipinski definition) is 2. The number of methoxy groups -OCH3 is 1. The van der Waals surface area contributed by atoms with Crippen molar-refractivity contribution in [2.45, 2.75) is 25.7 Å². The zero-order chi connectivity index (χ0) is 12.5. The summed E-state index contributed by atoms with van der Waals surface area (Å²) in [5.41, 5.74) is 3.00. The molecule has 0 aliphatic heterocycles. The topological polar surface area (TPSA) is 47.0 Å². The van der Waals surface area contributed by atoms with Gasteiger partial charge in [-0.25, -0.2) is 4.68 Å². The van der Waals surface area contributed by atoms with Crippen LogP contribution < -0.4 is 10.3 Å². The van der Waals surface area contributed by atoms with Crippen molar-refractivity contribution in [1.82, 2.24) is 9.78 Å². The van der Waals surface area contributed by atoms with E-state index >= 15 is 0 Å². The Kier molecular flexibility index (Phi) is 2.70. The van der Waals surface area contributed by atoms with E-state index in [1.54, 1.807) is 11.8 Å². The third-order valence-corrected chi connectivity index (χ3v) is 3.51. The normalized spacial score (nSPS) is 14.3. The average Bonchev–Trinajstić information content (AvgIpc) is 2.77. The van der Waals surface area contributed by atoms with E-state index in [1.165, 1.54) is 0 Å². The summed E-state index contributed by atoms with van der Waals surface area (Å²) in [6, 6.07) is 7.51. The highest BCUT2D eigenvalue weighted by atomic mass is 16.5. The van der Waals surface area contributed by atoms with Gasteiger partial charge in [-0.3, -0.25) is 9.89 Å². The van der Waals surface area contributed by atoms with Crippen molar-refractivity contribution >= 4 is 0 Å². The number of aryl methyl sites for hydroxylation is 1. The summed E-state index contributed by atoms with van der Waals surface area (Å²) in [4.78, 5) is 12.3. The van der Waals surface area contributed by atoms with Gasteiger partial charge >= 0.3 is 0 Å². The molecule has 0 atom stereocenters. The molecule has 0 spiro atoms. The largest absolute Gasteiger partial charge is 0.497 e. The van der Waals surface area contributed by atoms with E-state index in [2.05, 4.69) is 5.10 Å². The molecule has 4 heteroatoms. The number of benzene rings is 1. The molecule has 0 radical (unpaired) electrons. The fourth-order valence-corrected chi connectivity index (χ4v) is 2.50. The van der Waals surface area contributed by atoms with E-state index in [4.69, 9.17) is 4.74 Å². The molecule has 1 aliphatic rings. The van der Waals surface area contributed by atoms with Gasteiger partial charge in [-0.2, -0.15) is 0 Å². The predicted molar refractivity (Wildman–Crippen MR) is 69.6 cm³/mol. The summed E-state index contributed by atoms with van der Waals surface area (Å²) in [5.74, 6) is 0.795. The lowest BCUT2D eigenvalue weighted by molar-refractivity contribution is 0.414. The molecule has 3 rings (SSSR count). The number of ether oxygens (including phenoxy) is 1. The molecule has 18 heavy (non-hydrogen) atoms. The van der Waals surface area contributed by atoms with Crippen LogP contribution in [0.3, 0.4) is 0 Å². The SMILES string of the molecule is COc1ccc(-n2[nH]c3c(c2=O)CCCC3)cc1. The zero-order valence-corrected chi connectivity index (χ0v) is 10.4. The van der Waals surface area contributed by atoms with Crippen molar-refractivity contribution in [1.29, 1.82) is 0 Å². The number of rotatable bonds is 2. The highest BCUT2D eigenvalue weighted by Crippen LogP contribution is 2.18. The lowest BCUT2D eigenvalue weighted by Crippen LogP contribution is -2.17. The van der Waals surface area contributed by atoms with Crippen LogP contribution in [-0.2, 0) is 12.8 Å². The minimum Gasteiger partial charge on any atom is -0.497 e. The van der Waals surface area contributed by atoms with Gasteiger partial charge in [-0.1, -0.05) is 0 Å². The Morgan fingerprint density at radius 3 is 2.56 bits per heavy atom. The first-order valence-electron chi connectivity index (χ1n) is 6.27. The van der Waals surface area contributed by atoms with Crippen molar-refractivity contribution in [3.63, 3.8) is 0 Å². The van der Waals surface area contributed by atoms with Crippen LogP contribution in [0, 0.1) is 0 Å². The Bertz CT molecular complexity index is 608. The molecule has 0 saturated heterocycles. The molecular weight excluding hydrogens is 228 g/mol. The number of H-pyrrole nitrogens is 1. The Morgan fingerprint density at radius 2 is 1.89 bits per heavy atom. The molecule has 4 nitrogen and oxygen atoms in total. The molecule has 0 amide bonds. The van der Waals surface area contributed by atoms with Gasteiger partial charge in [0.05, 0.1) is 12.8 Å². The average molecular weight is 244 g/mol. The van der Waals surface area contributed by atoms with Gasteiger partial charge < -0.3 is 4.74 Å². The molecule has 94 valence electrons. The lowest BCUT2D eigenvalue weighted by atomic mass is 9.98. The monoisotopic (exact) mass is 244 g/mol. The first-order valence-corrected chi connectivity index (χ1v) is 6.27. The number of aromatic amines is 1. The van der Waals surface area contributed by atoms with E-state index in [0.717, 1.165) is 48.4 Å². The van der Waals surface area contributed by atoms with Crippen LogP contribution in [0.5, 0.6) is 5.75 Å². The second-order valence-corrected chi connectivity index (χ2v) is 4.61. The van der Waals surface area contributed by atoms with Gasteiger partial charge in [0.1, 0.15) is 5.75 Å². The van der Waals surface area contributed by atoms with Crippen LogP contribution in [0.25, 0.3) is 5.69 Å². The quantitative estimate of drug-likeness (QED) is 0.879. The molecule has 1 N–H and O–H groups in total. The highest BCUT2D eigenvalue weighted by Gasteiger charge is 2.17. The van der Waals surface area contributed by atoms with E-state index in [1.807, 2.05) is 24.3 Å². The van der Waals surface area contributed by atoms with E-state index < -0.39 is 0 Å². The Hall–Kier alpha value is -1.97. The summed E-state index contributed by atoms with van der Waals surface area (Å²) >= 11 is 0. The number of nitrogens with zero attached hydrogens (tertiary/aromatic N) is 1. The number of fused-ring (bicyclic) bond motifs is 1. The van der Waals surface area contributed by atoms with E-state index in [-0.39, 0.29) is 5.56 Å². The maximum Gasteiger partial charge on any atom is 0.274 e. The third kappa shape index (κ3) is 1.74. The van der Waals surface area contributed by atoms with Crippen LogP contribution in [-0.4, -0.2) is 16.9 Å².